The maximum absolute atomic E-state index is 12.4. The van der Waals surface area contributed by atoms with Crippen molar-refractivity contribution in [2.45, 2.75) is 92.9 Å². The van der Waals surface area contributed by atoms with Crippen molar-refractivity contribution in [1.82, 2.24) is 0 Å². The van der Waals surface area contributed by atoms with Gasteiger partial charge in [0.05, 0.1) is 0 Å². The van der Waals surface area contributed by atoms with Crippen molar-refractivity contribution in [3.05, 3.63) is 93.4 Å². The lowest BCUT2D eigenvalue weighted by Gasteiger charge is -2.23. The Labute approximate surface area is 234 Å². The molecule has 3 heteroatoms. The van der Waals surface area contributed by atoms with Gasteiger partial charge in [-0.05, 0) is 74.6 Å². The first-order valence-electron chi connectivity index (χ1n) is 14.4. The van der Waals surface area contributed by atoms with Crippen LogP contribution in [0.5, 0.6) is 11.5 Å². The van der Waals surface area contributed by atoms with E-state index in [1.807, 2.05) is 24.3 Å². The minimum Gasteiger partial charge on any atom is -0.456 e. The molecule has 206 valence electrons. The van der Waals surface area contributed by atoms with Crippen molar-refractivity contribution < 1.29 is 14.3 Å². The van der Waals surface area contributed by atoms with Crippen LogP contribution in [0.4, 0.5) is 0 Å². The number of ether oxygens (including phenoxy) is 1. The monoisotopic (exact) mass is 524 g/mol. The summed E-state index contributed by atoms with van der Waals surface area (Å²) in [5.74, 6) is 2.50. The molecular formula is C36H44O3. The lowest BCUT2D eigenvalue weighted by atomic mass is 9.87. The molecule has 1 aliphatic heterocycles. The minimum absolute atomic E-state index is 0.0656. The summed E-state index contributed by atoms with van der Waals surface area (Å²) in [4.78, 5) is 22.8. The van der Waals surface area contributed by atoms with Crippen LogP contribution in [0.3, 0.4) is 0 Å². The zero-order valence-electron chi connectivity index (χ0n) is 24.8. The second-order valence-corrected chi connectivity index (χ2v) is 11.1. The van der Waals surface area contributed by atoms with Crippen LogP contribution in [0.25, 0.3) is 11.1 Å². The number of benzene rings is 3. The van der Waals surface area contributed by atoms with Crippen LogP contribution >= 0.6 is 0 Å². The first-order valence-corrected chi connectivity index (χ1v) is 14.4. The molecule has 0 N–H and O–H groups in total. The lowest BCUT2D eigenvalue weighted by Crippen LogP contribution is -2.21. The number of carbonyl (C=O) groups is 2. The molecule has 0 radical (unpaired) electrons. The molecule has 1 aliphatic rings. The third-order valence-corrected chi connectivity index (χ3v) is 7.20. The van der Waals surface area contributed by atoms with Crippen molar-refractivity contribution in [1.29, 1.82) is 0 Å². The number of Topliss-reactive ketones (excluding diaryl/α,β-unsaturated/α-hetero) is 2. The number of ketones is 2. The fourth-order valence-corrected chi connectivity index (χ4v) is 4.85. The predicted molar refractivity (Wildman–Crippen MR) is 163 cm³/mol. The molecule has 0 amide bonds. The van der Waals surface area contributed by atoms with Gasteiger partial charge in [-0.2, -0.15) is 0 Å². The molecular weight excluding hydrogens is 480 g/mol. The van der Waals surface area contributed by atoms with E-state index in [-0.39, 0.29) is 5.78 Å². The van der Waals surface area contributed by atoms with Gasteiger partial charge in [0.2, 0.25) is 0 Å². The largest absolute Gasteiger partial charge is 0.456 e. The van der Waals surface area contributed by atoms with Gasteiger partial charge in [-0.15, -0.1) is 0 Å². The van der Waals surface area contributed by atoms with Crippen molar-refractivity contribution in [3.8, 4) is 11.5 Å². The number of unbranched alkanes of at least 4 members (excludes halogenated alkanes) is 4. The molecule has 3 aromatic rings. The minimum atomic E-state index is 0.0656. The average molecular weight is 525 g/mol. The zero-order chi connectivity index (χ0) is 28.5. The molecule has 4 rings (SSSR count). The van der Waals surface area contributed by atoms with Gasteiger partial charge in [0, 0.05) is 28.3 Å². The van der Waals surface area contributed by atoms with Gasteiger partial charge in [-0.1, -0.05) is 94.5 Å². The molecule has 0 spiro atoms. The second-order valence-electron chi connectivity index (χ2n) is 11.1. The van der Waals surface area contributed by atoms with E-state index in [1.165, 1.54) is 36.8 Å². The molecule has 3 nitrogen and oxygen atoms in total. The first-order chi connectivity index (χ1) is 18.6. The van der Waals surface area contributed by atoms with Crippen LogP contribution in [0.15, 0.2) is 60.7 Å². The van der Waals surface area contributed by atoms with Crippen LogP contribution in [-0.2, 0) is 4.79 Å². The lowest BCUT2D eigenvalue weighted by molar-refractivity contribution is -0.117. The van der Waals surface area contributed by atoms with E-state index in [9.17, 15) is 9.59 Å². The Morgan fingerprint density at radius 3 is 2.13 bits per heavy atom. The number of carbonyl (C=O) groups excluding carboxylic acids is 2. The van der Waals surface area contributed by atoms with E-state index in [2.05, 4.69) is 71.0 Å². The van der Waals surface area contributed by atoms with Gasteiger partial charge in [0.1, 0.15) is 17.3 Å². The van der Waals surface area contributed by atoms with E-state index >= 15 is 0 Å². The van der Waals surface area contributed by atoms with Crippen LogP contribution in [-0.4, -0.2) is 11.6 Å². The highest BCUT2D eigenvalue weighted by Gasteiger charge is 2.23. The van der Waals surface area contributed by atoms with Crippen molar-refractivity contribution in [2.75, 3.05) is 0 Å². The van der Waals surface area contributed by atoms with Crippen molar-refractivity contribution >= 4 is 22.7 Å². The summed E-state index contributed by atoms with van der Waals surface area (Å²) in [6, 6.07) is 20.6. The first kappa shape index (κ1) is 30.1. The fourth-order valence-electron chi connectivity index (χ4n) is 4.85. The Hall–Kier alpha value is -3.46. The Morgan fingerprint density at radius 1 is 0.769 bits per heavy atom. The van der Waals surface area contributed by atoms with Gasteiger partial charge in [-0.25, -0.2) is 0 Å². The van der Waals surface area contributed by atoms with E-state index < -0.39 is 0 Å². The molecule has 0 bridgehead atoms. The van der Waals surface area contributed by atoms with Gasteiger partial charge in [-0.3, -0.25) is 4.79 Å². The number of fused-ring (bicyclic) bond motifs is 2. The second kappa shape index (κ2) is 14.1. The average Bonchev–Trinajstić information content (AvgIpc) is 2.91. The van der Waals surface area contributed by atoms with Gasteiger partial charge in [0.25, 0.3) is 0 Å². The molecule has 39 heavy (non-hydrogen) atoms. The predicted octanol–water partition coefficient (Wildman–Crippen LogP) is 8.49. The molecule has 0 unspecified atom stereocenters. The van der Waals surface area contributed by atoms with Gasteiger partial charge >= 0.3 is 0 Å². The number of hydrogen-bond acceptors (Lipinski definition) is 3. The van der Waals surface area contributed by atoms with Crippen LogP contribution in [0.2, 0.25) is 0 Å². The van der Waals surface area contributed by atoms with Gasteiger partial charge in [0.15, 0.2) is 5.78 Å². The number of rotatable bonds is 9. The Kier molecular flexibility index (Phi) is 10.9. The zero-order valence-corrected chi connectivity index (χ0v) is 24.8. The van der Waals surface area contributed by atoms with E-state index in [4.69, 9.17) is 4.74 Å². The molecule has 0 aromatic heterocycles. The summed E-state index contributed by atoms with van der Waals surface area (Å²) in [6.45, 7) is 14.1. The SMILES string of the molecule is CC(=O)c1ccccc1C1=c2ccc(=C(C)C)cc2Oc2cc(C(C)C)ccc21.CCCCCCCC(C)=O. The normalized spacial score (nSPS) is 11.6. The smallest absolute Gasteiger partial charge is 0.160 e. The fraction of sp³-hybridized carbons (Fsp3) is 0.389. The maximum atomic E-state index is 12.4. The molecule has 0 saturated heterocycles. The molecule has 0 saturated carbocycles. The molecule has 0 aliphatic carbocycles. The quantitative estimate of drug-likeness (QED) is 0.163. The van der Waals surface area contributed by atoms with Gasteiger partial charge < -0.3 is 9.53 Å². The number of hydrogen-bond donors (Lipinski definition) is 0. The van der Waals surface area contributed by atoms with Crippen LogP contribution < -0.4 is 15.2 Å². The Balaban J connectivity index is 0.000000360. The summed E-state index contributed by atoms with van der Waals surface area (Å²) >= 11 is 0. The highest BCUT2D eigenvalue weighted by atomic mass is 16.5. The highest BCUT2D eigenvalue weighted by Crippen LogP contribution is 2.38. The van der Waals surface area contributed by atoms with E-state index in [1.54, 1.807) is 13.8 Å². The summed E-state index contributed by atoms with van der Waals surface area (Å²) < 4.78 is 6.39. The van der Waals surface area contributed by atoms with Crippen LogP contribution in [0.1, 0.15) is 120 Å². The maximum Gasteiger partial charge on any atom is 0.160 e. The van der Waals surface area contributed by atoms with Crippen molar-refractivity contribution in [3.63, 3.8) is 0 Å². The summed E-state index contributed by atoms with van der Waals surface area (Å²) in [5.41, 5.74) is 6.25. The summed E-state index contributed by atoms with van der Waals surface area (Å²) in [6.07, 6.45) is 6.99. The third kappa shape index (κ3) is 7.79. The Bertz CT molecular complexity index is 1440. The summed E-state index contributed by atoms with van der Waals surface area (Å²) in [7, 11) is 0. The standard InChI is InChI=1S/C27H26O2.C9H18O/c1-16(2)19-10-12-23-25(14-19)29-26-15-20(17(3)4)11-13-24(26)27(23)22-9-7-6-8-21(22)18(5)28;1-3-4-5-6-7-8-9(2)10/h6-16H,1-5H3;3-8H2,1-2H3. The van der Waals surface area contributed by atoms with E-state index in [0.717, 1.165) is 57.0 Å². The molecule has 3 aromatic carbocycles. The topological polar surface area (TPSA) is 43.4 Å². The van der Waals surface area contributed by atoms with Crippen molar-refractivity contribution in [2.24, 2.45) is 0 Å². The third-order valence-electron chi connectivity index (χ3n) is 7.20. The Morgan fingerprint density at radius 2 is 1.49 bits per heavy atom. The van der Waals surface area contributed by atoms with E-state index in [0.29, 0.717) is 11.7 Å². The summed E-state index contributed by atoms with van der Waals surface area (Å²) in [5, 5.41) is 2.18. The van der Waals surface area contributed by atoms with Crippen LogP contribution in [0, 0.1) is 0 Å². The molecule has 1 heterocycles. The highest BCUT2D eigenvalue weighted by molar-refractivity contribution is 6.01. The molecule has 0 fully saturated rings. The molecule has 0 atom stereocenters.